The minimum absolute atomic E-state index is 0.325. The van der Waals surface area contributed by atoms with Gasteiger partial charge in [0.25, 0.3) is 0 Å². The zero-order chi connectivity index (χ0) is 12.8. The van der Waals surface area contributed by atoms with Crippen LogP contribution in [0.2, 0.25) is 0 Å². The van der Waals surface area contributed by atoms with Gasteiger partial charge in [0.2, 0.25) is 5.91 Å². The minimum Gasteiger partial charge on any atom is -0.384 e. The predicted molar refractivity (Wildman–Crippen MR) is 74.9 cm³/mol. The van der Waals surface area contributed by atoms with Crippen LogP contribution in [0.15, 0.2) is 0 Å². The number of amides is 1. The number of ether oxygens (including phenoxy) is 1. The second-order valence-corrected chi connectivity index (χ2v) is 6.36. The summed E-state index contributed by atoms with van der Waals surface area (Å²) in [7, 11) is 1.75. The lowest BCUT2D eigenvalue weighted by Gasteiger charge is -2.33. The molecule has 2 aliphatic rings. The van der Waals surface area contributed by atoms with E-state index in [1.165, 1.54) is 5.75 Å². The van der Waals surface area contributed by atoms with Gasteiger partial charge in [0.05, 0.1) is 0 Å². The summed E-state index contributed by atoms with van der Waals surface area (Å²) in [5.41, 5.74) is 0. The van der Waals surface area contributed by atoms with E-state index in [4.69, 9.17) is 4.74 Å². The van der Waals surface area contributed by atoms with Gasteiger partial charge in [-0.1, -0.05) is 0 Å². The molecule has 2 heterocycles. The fourth-order valence-corrected chi connectivity index (χ4v) is 3.62. The third-order valence-corrected chi connectivity index (χ3v) is 4.92. The average molecular weight is 272 g/mol. The number of thioether (sulfide) groups is 1. The van der Waals surface area contributed by atoms with Gasteiger partial charge >= 0.3 is 0 Å². The number of likely N-dealkylation sites (tertiary alicyclic amines) is 1. The van der Waals surface area contributed by atoms with E-state index < -0.39 is 0 Å². The van der Waals surface area contributed by atoms with Gasteiger partial charge in [0, 0.05) is 57.3 Å². The summed E-state index contributed by atoms with van der Waals surface area (Å²) in [6.45, 7) is 3.70. The van der Waals surface area contributed by atoms with Crippen molar-refractivity contribution in [3.63, 3.8) is 0 Å². The predicted octanol–water partition coefficient (Wildman–Crippen LogP) is 0.967. The average Bonchev–Trinajstić information content (AvgIpc) is 2.41. The molecular formula is C13H24N2O2S. The zero-order valence-corrected chi connectivity index (χ0v) is 12.0. The maximum absolute atomic E-state index is 12.2. The Morgan fingerprint density at radius 3 is 2.83 bits per heavy atom. The fourth-order valence-electron chi connectivity index (χ4n) is 2.68. The molecule has 2 saturated heterocycles. The van der Waals surface area contributed by atoms with Crippen LogP contribution in [-0.2, 0) is 9.53 Å². The van der Waals surface area contributed by atoms with Crippen molar-refractivity contribution in [1.29, 1.82) is 0 Å². The number of hydrogen-bond donors (Lipinski definition) is 1. The van der Waals surface area contributed by atoms with Crippen LogP contribution in [0.25, 0.3) is 0 Å². The van der Waals surface area contributed by atoms with Crippen LogP contribution in [0, 0.1) is 5.92 Å². The van der Waals surface area contributed by atoms with E-state index in [1.807, 2.05) is 16.7 Å². The number of rotatable bonds is 4. The summed E-state index contributed by atoms with van der Waals surface area (Å²) in [6, 6.07) is 0.382. The molecule has 2 fully saturated rings. The van der Waals surface area contributed by atoms with Gasteiger partial charge in [0.15, 0.2) is 0 Å². The molecule has 0 saturated carbocycles. The van der Waals surface area contributed by atoms with Crippen LogP contribution in [0.3, 0.4) is 0 Å². The van der Waals surface area contributed by atoms with Crippen molar-refractivity contribution >= 4 is 17.7 Å². The molecule has 104 valence electrons. The number of nitrogens with zero attached hydrogens (tertiary/aromatic N) is 1. The van der Waals surface area contributed by atoms with Crippen molar-refractivity contribution < 1.29 is 9.53 Å². The molecule has 2 rings (SSSR count). The van der Waals surface area contributed by atoms with Gasteiger partial charge in [-0.05, 0) is 18.8 Å². The highest BCUT2D eigenvalue weighted by Crippen LogP contribution is 2.19. The molecule has 0 radical (unpaired) electrons. The van der Waals surface area contributed by atoms with Crippen molar-refractivity contribution in [3.05, 3.63) is 0 Å². The molecule has 1 atom stereocenters. The third-order valence-electron chi connectivity index (χ3n) is 3.79. The monoisotopic (exact) mass is 272 g/mol. The summed E-state index contributed by atoms with van der Waals surface area (Å²) in [5.74, 6) is 3.21. The van der Waals surface area contributed by atoms with Crippen molar-refractivity contribution in [2.45, 2.75) is 25.3 Å². The highest BCUT2D eigenvalue weighted by atomic mass is 32.2. The van der Waals surface area contributed by atoms with Crippen molar-refractivity contribution in [2.24, 2.45) is 5.92 Å². The summed E-state index contributed by atoms with van der Waals surface area (Å²) in [4.78, 5) is 14.2. The highest BCUT2D eigenvalue weighted by Gasteiger charge is 2.25. The van der Waals surface area contributed by atoms with Crippen LogP contribution in [0.1, 0.15) is 19.3 Å². The Labute approximate surface area is 114 Å². The quantitative estimate of drug-likeness (QED) is 0.828. The topological polar surface area (TPSA) is 41.6 Å². The second-order valence-electron chi connectivity index (χ2n) is 5.21. The fraction of sp³-hybridized carbons (Fsp3) is 0.923. The lowest BCUT2D eigenvalue weighted by Crippen LogP contribution is -2.45. The minimum atomic E-state index is 0.325. The van der Waals surface area contributed by atoms with Gasteiger partial charge < -0.3 is 15.0 Å². The molecule has 0 spiro atoms. The van der Waals surface area contributed by atoms with Gasteiger partial charge in [-0.15, -0.1) is 0 Å². The number of carbonyl (C=O) groups is 1. The molecule has 0 aliphatic carbocycles. The van der Waals surface area contributed by atoms with Crippen molar-refractivity contribution in [2.75, 3.05) is 44.9 Å². The van der Waals surface area contributed by atoms with Crippen molar-refractivity contribution in [3.8, 4) is 0 Å². The van der Waals surface area contributed by atoms with Gasteiger partial charge in [0.1, 0.15) is 0 Å². The van der Waals surface area contributed by atoms with E-state index in [9.17, 15) is 4.79 Å². The van der Waals surface area contributed by atoms with E-state index in [-0.39, 0.29) is 0 Å². The Morgan fingerprint density at radius 1 is 1.44 bits per heavy atom. The molecule has 1 amide bonds. The third kappa shape index (κ3) is 4.14. The van der Waals surface area contributed by atoms with E-state index in [1.54, 1.807) is 7.11 Å². The Kier molecular flexibility index (Phi) is 5.79. The Balaban J connectivity index is 1.70. The summed E-state index contributed by atoms with van der Waals surface area (Å²) in [6.07, 6.45) is 2.85. The molecule has 2 aliphatic heterocycles. The van der Waals surface area contributed by atoms with Crippen LogP contribution in [-0.4, -0.2) is 61.7 Å². The first-order valence-corrected chi connectivity index (χ1v) is 8.03. The number of methoxy groups -OCH3 is 1. The van der Waals surface area contributed by atoms with E-state index >= 15 is 0 Å². The molecule has 0 bridgehead atoms. The number of hydrogen-bond acceptors (Lipinski definition) is 4. The molecule has 5 heteroatoms. The van der Waals surface area contributed by atoms with Gasteiger partial charge in [-0.3, -0.25) is 4.79 Å². The van der Waals surface area contributed by atoms with Crippen LogP contribution >= 0.6 is 11.8 Å². The molecule has 0 aromatic rings. The SMILES string of the molecule is COCC1CCN(C(=O)CC2CSCCN2)CC1. The Hall–Kier alpha value is -0.260. The molecule has 18 heavy (non-hydrogen) atoms. The standard InChI is InChI=1S/C13H24N2O2S/c1-17-9-11-2-5-15(6-3-11)13(16)8-12-10-18-7-4-14-12/h11-12,14H,2-10H2,1H3. The molecule has 1 unspecified atom stereocenters. The Morgan fingerprint density at radius 2 is 2.22 bits per heavy atom. The summed E-state index contributed by atoms with van der Waals surface area (Å²) in [5, 5.41) is 3.43. The molecule has 4 nitrogen and oxygen atoms in total. The number of piperidine rings is 1. The number of nitrogens with one attached hydrogen (secondary N) is 1. The normalized spacial score (nSPS) is 26.3. The molecule has 0 aromatic heterocycles. The first kappa shape index (κ1) is 14.2. The van der Waals surface area contributed by atoms with Crippen molar-refractivity contribution in [1.82, 2.24) is 10.2 Å². The maximum atomic E-state index is 12.2. The first-order chi connectivity index (χ1) is 8.79. The van der Waals surface area contributed by atoms with Gasteiger partial charge in [-0.2, -0.15) is 11.8 Å². The first-order valence-electron chi connectivity index (χ1n) is 6.87. The molecule has 0 aromatic carbocycles. The molecule has 1 N–H and O–H groups in total. The van der Waals surface area contributed by atoms with E-state index in [0.29, 0.717) is 24.3 Å². The maximum Gasteiger partial charge on any atom is 0.224 e. The highest BCUT2D eigenvalue weighted by molar-refractivity contribution is 7.99. The lowest BCUT2D eigenvalue weighted by atomic mass is 9.97. The van der Waals surface area contributed by atoms with Crippen LogP contribution in [0.5, 0.6) is 0 Å². The van der Waals surface area contributed by atoms with Crippen LogP contribution < -0.4 is 5.32 Å². The second kappa shape index (κ2) is 7.36. The van der Waals surface area contributed by atoms with Gasteiger partial charge in [-0.25, -0.2) is 0 Å². The lowest BCUT2D eigenvalue weighted by molar-refractivity contribution is -0.133. The van der Waals surface area contributed by atoms with Crippen LogP contribution in [0.4, 0.5) is 0 Å². The van der Waals surface area contributed by atoms with E-state index in [2.05, 4.69) is 5.32 Å². The largest absolute Gasteiger partial charge is 0.384 e. The number of carbonyl (C=O) groups excluding carboxylic acids is 1. The molecular weight excluding hydrogens is 248 g/mol. The summed E-state index contributed by atoms with van der Waals surface area (Å²) < 4.78 is 5.18. The Bertz CT molecular complexity index is 262. The zero-order valence-electron chi connectivity index (χ0n) is 11.2. The summed E-state index contributed by atoms with van der Waals surface area (Å²) >= 11 is 1.95. The smallest absolute Gasteiger partial charge is 0.224 e. The van der Waals surface area contributed by atoms with E-state index in [0.717, 1.165) is 44.8 Å².